The van der Waals surface area contributed by atoms with Crippen molar-refractivity contribution >= 4 is 11.9 Å². The van der Waals surface area contributed by atoms with Gasteiger partial charge in [-0.2, -0.15) is 0 Å². The minimum Gasteiger partial charge on any atom is -0.491 e. The largest absolute Gasteiger partial charge is 0.491 e. The minimum absolute atomic E-state index is 0.251. The number of hydrogen-bond donors (Lipinski definition) is 4. The summed E-state index contributed by atoms with van der Waals surface area (Å²) in [7, 11) is 0. The van der Waals surface area contributed by atoms with E-state index in [-0.39, 0.29) is 6.61 Å². The Morgan fingerprint density at radius 3 is 2.32 bits per heavy atom. The minimum atomic E-state index is -1.82. The zero-order valence-corrected chi connectivity index (χ0v) is 15.3. The Bertz CT molecular complexity index is 716. The normalized spacial score (nSPS) is 10.9. The SMILES string of the molecule is Cc1ccccc1OCC(O)CNCCOc1ncccn1.O=C(O)C(=O)O. The number of aliphatic hydroxyl groups excluding tert-OH is 1. The van der Waals surface area contributed by atoms with Crippen molar-refractivity contribution in [3.8, 4) is 11.8 Å². The van der Waals surface area contributed by atoms with Gasteiger partial charge in [-0.1, -0.05) is 18.2 Å². The lowest BCUT2D eigenvalue weighted by molar-refractivity contribution is -0.159. The van der Waals surface area contributed by atoms with Crippen LogP contribution in [-0.4, -0.2) is 69.6 Å². The zero-order chi connectivity index (χ0) is 20.8. The summed E-state index contributed by atoms with van der Waals surface area (Å²) in [5, 5.41) is 27.7. The number of carboxylic acids is 2. The van der Waals surface area contributed by atoms with E-state index in [1.165, 1.54) is 0 Å². The van der Waals surface area contributed by atoms with Gasteiger partial charge in [0.15, 0.2) is 0 Å². The molecule has 0 saturated carbocycles. The number of rotatable bonds is 9. The molecule has 2 aromatic rings. The standard InChI is InChI=1S/C16H21N3O3.C2H2O4/c1-13-5-2-3-6-15(13)22-12-14(20)11-17-9-10-21-16-18-7-4-8-19-16;3-1(4)2(5)6/h2-8,14,17,20H,9-12H2,1H3;(H,3,4)(H,5,6). The Balaban J connectivity index is 0.000000568. The molecule has 1 aromatic carbocycles. The van der Waals surface area contributed by atoms with Gasteiger partial charge >= 0.3 is 17.9 Å². The smallest absolute Gasteiger partial charge is 0.414 e. The third kappa shape index (κ3) is 10.0. The molecule has 4 N–H and O–H groups in total. The molecule has 152 valence electrons. The molecular formula is C18H23N3O7. The average molecular weight is 393 g/mol. The van der Waals surface area contributed by atoms with Crippen LogP contribution in [0.3, 0.4) is 0 Å². The van der Waals surface area contributed by atoms with Crippen LogP contribution < -0.4 is 14.8 Å². The number of aromatic nitrogens is 2. The lowest BCUT2D eigenvalue weighted by atomic mass is 10.2. The van der Waals surface area contributed by atoms with Gasteiger partial charge in [0.1, 0.15) is 25.1 Å². The summed E-state index contributed by atoms with van der Waals surface area (Å²) in [4.78, 5) is 26.1. The monoisotopic (exact) mass is 393 g/mol. The van der Waals surface area contributed by atoms with Crippen LogP contribution >= 0.6 is 0 Å². The van der Waals surface area contributed by atoms with E-state index in [0.29, 0.717) is 25.7 Å². The molecule has 1 atom stereocenters. The zero-order valence-electron chi connectivity index (χ0n) is 15.3. The van der Waals surface area contributed by atoms with Gasteiger partial charge in [-0.05, 0) is 24.6 Å². The lowest BCUT2D eigenvalue weighted by Crippen LogP contribution is -2.33. The molecule has 0 aliphatic heterocycles. The number of hydrogen-bond acceptors (Lipinski definition) is 8. The summed E-state index contributed by atoms with van der Waals surface area (Å²) < 4.78 is 10.9. The number of para-hydroxylation sites is 1. The van der Waals surface area contributed by atoms with Gasteiger partial charge in [0, 0.05) is 25.5 Å². The number of carboxylic acid groups (broad SMARTS) is 2. The molecule has 0 radical (unpaired) electrons. The van der Waals surface area contributed by atoms with E-state index < -0.39 is 18.0 Å². The Kier molecular flexibility index (Phi) is 10.6. The van der Waals surface area contributed by atoms with Gasteiger partial charge in [0.2, 0.25) is 0 Å². The lowest BCUT2D eigenvalue weighted by Gasteiger charge is -2.14. The second-order valence-corrected chi connectivity index (χ2v) is 5.42. The number of nitrogens with zero attached hydrogens (tertiary/aromatic N) is 2. The first-order valence-electron chi connectivity index (χ1n) is 8.33. The number of ether oxygens (including phenoxy) is 2. The van der Waals surface area contributed by atoms with Crippen molar-refractivity contribution < 1.29 is 34.4 Å². The maximum atomic E-state index is 9.86. The van der Waals surface area contributed by atoms with Crippen LogP contribution in [0.4, 0.5) is 0 Å². The number of aliphatic carboxylic acids is 2. The van der Waals surface area contributed by atoms with Gasteiger partial charge in [0.25, 0.3) is 0 Å². The Hall–Kier alpha value is -3.24. The molecule has 1 heterocycles. The third-order valence-electron chi connectivity index (χ3n) is 3.14. The Labute approximate surface area is 161 Å². The van der Waals surface area contributed by atoms with Crippen molar-refractivity contribution in [2.75, 3.05) is 26.3 Å². The maximum absolute atomic E-state index is 9.86. The van der Waals surface area contributed by atoms with Crippen molar-refractivity contribution in [2.45, 2.75) is 13.0 Å². The molecule has 0 aliphatic carbocycles. The number of aliphatic hydroxyl groups is 1. The topological polar surface area (TPSA) is 151 Å². The van der Waals surface area contributed by atoms with Crippen molar-refractivity contribution in [3.05, 3.63) is 48.3 Å². The first-order chi connectivity index (χ1) is 13.4. The van der Waals surface area contributed by atoms with Crippen LogP contribution in [0.2, 0.25) is 0 Å². The first-order valence-corrected chi connectivity index (χ1v) is 8.33. The number of carbonyl (C=O) groups is 2. The fourth-order valence-corrected chi connectivity index (χ4v) is 1.81. The van der Waals surface area contributed by atoms with Crippen molar-refractivity contribution in [1.82, 2.24) is 15.3 Å². The third-order valence-corrected chi connectivity index (χ3v) is 3.14. The summed E-state index contributed by atoms with van der Waals surface area (Å²) in [5.41, 5.74) is 1.05. The maximum Gasteiger partial charge on any atom is 0.414 e. The molecule has 0 fully saturated rings. The first kappa shape index (κ1) is 22.8. The van der Waals surface area contributed by atoms with E-state index in [9.17, 15) is 5.11 Å². The van der Waals surface area contributed by atoms with Gasteiger partial charge < -0.3 is 30.1 Å². The van der Waals surface area contributed by atoms with E-state index in [2.05, 4.69) is 15.3 Å². The molecule has 0 amide bonds. The molecule has 1 aromatic heterocycles. The molecule has 1 unspecified atom stereocenters. The van der Waals surface area contributed by atoms with Crippen LogP contribution in [0.25, 0.3) is 0 Å². The second kappa shape index (κ2) is 13.0. The van der Waals surface area contributed by atoms with Gasteiger partial charge in [0.05, 0.1) is 0 Å². The Morgan fingerprint density at radius 1 is 1.07 bits per heavy atom. The van der Waals surface area contributed by atoms with E-state index in [0.717, 1.165) is 11.3 Å². The fourth-order valence-electron chi connectivity index (χ4n) is 1.81. The van der Waals surface area contributed by atoms with Crippen molar-refractivity contribution in [3.63, 3.8) is 0 Å². The second-order valence-electron chi connectivity index (χ2n) is 5.42. The van der Waals surface area contributed by atoms with Gasteiger partial charge in [-0.25, -0.2) is 19.6 Å². The molecule has 2 rings (SSSR count). The average Bonchev–Trinajstić information content (AvgIpc) is 2.68. The van der Waals surface area contributed by atoms with E-state index in [4.69, 9.17) is 29.3 Å². The predicted octanol–water partition coefficient (Wildman–Crippen LogP) is 0.349. The summed E-state index contributed by atoms with van der Waals surface area (Å²) >= 11 is 0. The van der Waals surface area contributed by atoms with E-state index in [1.807, 2.05) is 31.2 Å². The highest BCUT2D eigenvalue weighted by molar-refractivity contribution is 6.27. The van der Waals surface area contributed by atoms with Crippen LogP contribution in [0.5, 0.6) is 11.8 Å². The van der Waals surface area contributed by atoms with Gasteiger partial charge in [-0.3, -0.25) is 0 Å². The number of aryl methyl sites for hydroxylation is 1. The molecular weight excluding hydrogens is 370 g/mol. The predicted molar refractivity (Wildman–Crippen MR) is 98.3 cm³/mol. The number of nitrogens with one attached hydrogen (secondary N) is 1. The van der Waals surface area contributed by atoms with Crippen LogP contribution in [0.15, 0.2) is 42.7 Å². The summed E-state index contributed by atoms with van der Waals surface area (Å²) in [5.74, 6) is -2.85. The van der Waals surface area contributed by atoms with Gasteiger partial charge in [-0.15, -0.1) is 0 Å². The molecule has 0 saturated heterocycles. The van der Waals surface area contributed by atoms with Crippen molar-refractivity contribution in [2.24, 2.45) is 0 Å². The summed E-state index contributed by atoms with van der Waals surface area (Å²) in [6.45, 7) is 3.70. The highest BCUT2D eigenvalue weighted by Crippen LogP contribution is 2.16. The quantitative estimate of drug-likeness (QED) is 0.347. The van der Waals surface area contributed by atoms with Crippen LogP contribution in [-0.2, 0) is 9.59 Å². The van der Waals surface area contributed by atoms with Crippen molar-refractivity contribution in [1.29, 1.82) is 0 Å². The van der Waals surface area contributed by atoms with Crippen LogP contribution in [0.1, 0.15) is 5.56 Å². The molecule has 0 aliphatic rings. The molecule has 0 bridgehead atoms. The highest BCUT2D eigenvalue weighted by Gasteiger charge is 2.06. The molecule has 10 nitrogen and oxygen atoms in total. The summed E-state index contributed by atoms with van der Waals surface area (Å²) in [6.07, 6.45) is 2.68. The fraction of sp³-hybridized carbons (Fsp3) is 0.333. The molecule has 0 spiro atoms. The number of benzene rings is 1. The molecule has 28 heavy (non-hydrogen) atoms. The van der Waals surface area contributed by atoms with E-state index >= 15 is 0 Å². The Morgan fingerprint density at radius 2 is 1.71 bits per heavy atom. The highest BCUT2D eigenvalue weighted by atomic mass is 16.5. The van der Waals surface area contributed by atoms with E-state index in [1.54, 1.807) is 18.5 Å². The van der Waals surface area contributed by atoms with Crippen LogP contribution in [0, 0.1) is 6.92 Å². The molecule has 10 heteroatoms. The summed E-state index contributed by atoms with van der Waals surface area (Å²) in [6, 6.07) is 9.82.